The van der Waals surface area contributed by atoms with E-state index < -0.39 is 0 Å². The summed E-state index contributed by atoms with van der Waals surface area (Å²) in [6, 6.07) is 45.0. The molecule has 2 heterocycles. The van der Waals surface area contributed by atoms with Gasteiger partial charge in [0, 0.05) is 38.3 Å². The zero-order valence-electron chi connectivity index (χ0n) is 27.9. The first-order chi connectivity index (χ1) is 23.8. The van der Waals surface area contributed by atoms with E-state index in [1.165, 1.54) is 49.9 Å². The standard InChI is InChI=1S/C45H33N3O/c1-44(2)33-16-10-8-14-29(33)30-20-18-27(24-35(30)44)42-46-41(26-12-6-5-7-13-26)47-43(48-42)28-19-21-31-36(25-28)45(3,4)34-22-23-38-40(39(31)34)32-15-9-11-17-37(32)49-38/h5-25H,1-4H3. The largest absolute Gasteiger partial charge is 0.456 e. The predicted octanol–water partition coefficient (Wildman–Crippen LogP) is 11.4. The summed E-state index contributed by atoms with van der Waals surface area (Å²) in [5.41, 5.74) is 14.7. The molecule has 0 N–H and O–H groups in total. The van der Waals surface area contributed by atoms with Crippen molar-refractivity contribution in [3.63, 3.8) is 0 Å². The number of furan rings is 1. The van der Waals surface area contributed by atoms with E-state index in [0.29, 0.717) is 17.5 Å². The Kier molecular flexibility index (Phi) is 5.65. The van der Waals surface area contributed by atoms with Gasteiger partial charge in [-0.1, -0.05) is 131 Å². The van der Waals surface area contributed by atoms with E-state index in [4.69, 9.17) is 19.4 Å². The zero-order valence-corrected chi connectivity index (χ0v) is 27.9. The third-order valence-electron chi connectivity index (χ3n) is 10.9. The number of nitrogens with zero attached hydrogens (tertiary/aromatic N) is 3. The molecule has 0 atom stereocenters. The average Bonchev–Trinajstić information content (AvgIpc) is 3.71. The fraction of sp³-hybridized carbons (Fsp3) is 0.133. The number of fused-ring (bicyclic) bond motifs is 10. The van der Waals surface area contributed by atoms with Crippen LogP contribution in [0, 0.1) is 0 Å². The van der Waals surface area contributed by atoms with Crippen molar-refractivity contribution < 1.29 is 4.42 Å². The van der Waals surface area contributed by atoms with E-state index in [0.717, 1.165) is 33.2 Å². The number of aromatic nitrogens is 3. The van der Waals surface area contributed by atoms with E-state index in [1.54, 1.807) is 0 Å². The van der Waals surface area contributed by atoms with Gasteiger partial charge in [-0.25, -0.2) is 15.0 Å². The summed E-state index contributed by atoms with van der Waals surface area (Å²) in [4.78, 5) is 15.4. The summed E-state index contributed by atoms with van der Waals surface area (Å²) in [7, 11) is 0. The Morgan fingerprint density at radius 2 is 1.00 bits per heavy atom. The minimum absolute atomic E-state index is 0.119. The maximum atomic E-state index is 6.30. The molecule has 49 heavy (non-hydrogen) atoms. The molecule has 0 amide bonds. The minimum atomic E-state index is -0.216. The second kappa shape index (κ2) is 9.83. The van der Waals surface area contributed by atoms with Crippen LogP contribution in [0.5, 0.6) is 0 Å². The van der Waals surface area contributed by atoms with Gasteiger partial charge in [0.1, 0.15) is 11.2 Å². The van der Waals surface area contributed by atoms with Crippen molar-refractivity contribution in [2.45, 2.75) is 38.5 Å². The molecular weight excluding hydrogens is 599 g/mol. The van der Waals surface area contributed by atoms with Gasteiger partial charge >= 0.3 is 0 Å². The Balaban J connectivity index is 1.15. The Morgan fingerprint density at radius 3 is 1.76 bits per heavy atom. The van der Waals surface area contributed by atoms with Crippen LogP contribution in [0.1, 0.15) is 49.9 Å². The fourth-order valence-corrected chi connectivity index (χ4v) is 8.37. The third-order valence-corrected chi connectivity index (χ3v) is 10.9. The predicted molar refractivity (Wildman–Crippen MR) is 199 cm³/mol. The molecule has 0 saturated carbocycles. The van der Waals surface area contributed by atoms with E-state index in [2.05, 4.69) is 131 Å². The molecule has 6 aromatic carbocycles. The van der Waals surface area contributed by atoms with Crippen molar-refractivity contribution in [1.29, 1.82) is 0 Å². The fourth-order valence-electron chi connectivity index (χ4n) is 8.37. The van der Waals surface area contributed by atoms with Crippen LogP contribution in [0.3, 0.4) is 0 Å². The zero-order chi connectivity index (χ0) is 33.1. The minimum Gasteiger partial charge on any atom is -0.456 e. The topological polar surface area (TPSA) is 51.8 Å². The van der Waals surface area contributed by atoms with Gasteiger partial charge in [0.25, 0.3) is 0 Å². The van der Waals surface area contributed by atoms with E-state index in [1.807, 2.05) is 24.3 Å². The van der Waals surface area contributed by atoms with Crippen LogP contribution in [0.25, 0.3) is 78.4 Å². The summed E-state index contributed by atoms with van der Waals surface area (Å²) in [5.74, 6) is 2.01. The second-order valence-electron chi connectivity index (χ2n) is 14.4. The number of para-hydroxylation sites is 1. The van der Waals surface area contributed by atoms with Crippen LogP contribution < -0.4 is 0 Å². The van der Waals surface area contributed by atoms with Gasteiger partial charge in [-0.2, -0.15) is 0 Å². The molecule has 0 spiro atoms. The molecule has 234 valence electrons. The Bertz CT molecular complexity index is 2660. The van der Waals surface area contributed by atoms with Crippen molar-refractivity contribution in [1.82, 2.24) is 15.0 Å². The molecule has 2 aliphatic carbocycles. The van der Waals surface area contributed by atoms with Gasteiger partial charge in [-0.3, -0.25) is 0 Å². The van der Waals surface area contributed by atoms with Crippen molar-refractivity contribution in [2.75, 3.05) is 0 Å². The van der Waals surface area contributed by atoms with Crippen molar-refractivity contribution in [3.05, 3.63) is 150 Å². The van der Waals surface area contributed by atoms with Gasteiger partial charge < -0.3 is 4.42 Å². The Labute approximate surface area is 285 Å². The SMILES string of the molecule is CC1(C)c2ccccc2-c2ccc(-c3nc(-c4ccccc4)nc(-c4ccc5c(c4)C(C)(C)c4ccc6oc7ccccc7c6c4-5)n3)cc21. The van der Waals surface area contributed by atoms with Crippen LogP contribution in [-0.4, -0.2) is 15.0 Å². The summed E-state index contributed by atoms with van der Waals surface area (Å²) in [6.07, 6.45) is 0. The maximum Gasteiger partial charge on any atom is 0.164 e. The van der Waals surface area contributed by atoms with E-state index in [9.17, 15) is 0 Å². The highest BCUT2D eigenvalue weighted by atomic mass is 16.3. The summed E-state index contributed by atoms with van der Waals surface area (Å²) >= 11 is 0. The van der Waals surface area contributed by atoms with Gasteiger partial charge in [-0.15, -0.1) is 0 Å². The highest BCUT2D eigenvalue weighted by Gasteiger charge is 2.38. The maximum absolute atomic E-state index is 6.30. The molecular formula is C45H33N3O. The van der Waals surface area contributed by atoms with Gasteiger partial charge in [0.15, 0.2) is 17.5 Å². The molecule has 4 heteroatoms. The first-order valence-corrected chi connectivity index (χ1v) is 17.0. The summed E-state index contributed by atoms with van der Waals surface area (Å²) < 4.78 is 6.30. The summed E-state index contributed by atoms with van der Waals surface area (Å²) in [6.45, 7) is 9.24. The van der Waals surface area contributed by atoms with E-state index in [-0.39, 0.29) is 10.8 Å². The number of rotatable bonds is 3. The van der Waals surface area contributed by atoms with Crippen LogP contribution in [0.15, 0.2) is 132 Å². The Morgan fingerprint density at radius 1 is 0.429 bits per heavy atom. The third kappa shape index (κ3) is 3.95. The molecule has 4 nitrogen and oxygen atoms in total. The molecule has 0 saturated heterocycles. The number of hydrogen-bond donors (Lipinski definition) is 0. The lowest BCUT2D eigenvalue weighted by Gasteiger charge is -2.22. The smallest absolute Gasteiger partial charge is 0.164 e. The first kappa shape index (κ1) is 28.2. The molecule has 2 aliphatic rings. The lowest BCUT2D eigenvalue weighted by Crippen LogP contribution is -2.15. The van der Waals surface area contributed by atoms with Crippen molar-refractivity contribution in [2.24, 2.45) is 0 Å². The number of benzene rings is 6. The lowest BCUT2D eigenvalue weighted by atomic mass is 9.81. The molecule has 2 aromatic heterocycles. The molecule has 8 aromatic rings. The Hall–Kier alpha value is -5.87. The molecule has 0 unspecified atom stereocenters. The molecule has 0 bridgehead atoms. The van der Waals surface area contributed by atoms with Crippen molar-refractivity contribution in [3.8, 4) is 56.4 Å². The molecule has 0 radical (unpaired) electrons. The van der Waals surface area contributed by atoms with E-state index >= 15 is 0 Å². The molecule has 10 rings (SSSR count). The quantitative estimate of drug-likeness (QED) is 0.195. The first-order valence-electron chi connectivity index (χ1n) is 17.0. The lowest BCUT2D eigenvalue weighted by molar-refractivity contribution is 0.656. The highest BCUT2D eigenvalue weighted by Crippen LogP contribution is 2.54. The van der Waals surface area contributed by atoms with Gasteiger partial charge in [0.2, 0.25) is 0 Å². The second-order valence-corrected chi connectivity index (χ2v) is 14.4. The van der Waals surface area contributed by atoms with Crippen LogP contribution in [0.2, 0.25) is 0 Å². The normalized spacial score (nSPS) is 14.9. The highest BCUT2D eigenvalue weighted by molar-refractivity contribution is 6.15. The molecule has 0 fully saturated rings. The summed E-state index contributed by atoms with van der Waals surface area (Å²) in [5, 5.41) is 2.33. The van der Waals surface area contributed by atoms with Crippen LogP contribution in [0.4, 0.5) is 0 Å². The van der Waals surface area contributed by atoms with Gasteiger partial charge in [0.05, 0.1) is 0 Å². The molecule has 0 aliphatic heterocycles. The van der Waals surface area contributed by atoms with Crippen LogP contribution in [-0.2, 0) is 10.8 Å². The van der Waals surface area contributed by atoms with Gasteiger partial charge in [-0.05, 0) is 68.8 Å². The van der Waals surface area contributed by atoms with Crippen LogP contribution >= 0.6 is 0 Å². The van der Waals surface area contributed by atoms with Crippen molar-refractivity contribution >= 4 is 21.9 Å². The number of hydrogen-bond acceptors (Lipinski definition) is 4. The monoisotopic (exact) mass is 631 g/mol. The average molecular weight is 632 g/mol.